The number of hydrogen-bond donors (Lipinski definition) is 0. The van der Waals surface area contributed by atoms with Gasteiger partial charge in [0.2, 0.25) is 0 Å². The summed E-state index contributed by atoms with van der Waals surface area (Å²) in [6.45, 7) is 2.13. The third-order valence-electron chi connectivity index (χ3n) is 0.691. The van der Waals surface area contributed by atoms with Gasteiger partial charge in [-0.1, -0.05) is 0 Å². The van der Waals surface area contributed by atoms with Gasteiger partial charge >= 0.3 is 11.9 Å². The van der Waals surface area contributed by atoms with Gasteiger partial charge in [0.05, 0.1) is 0 Å². The van der Waals surface area contributed by atoms with Crippen LogP contribution in [0.1, 0.15) is 13.8 Å². The van der Waals surface area contributed by atoms with Crippen LogP contribution in [0.25, 0.3) is 0 Å². The Bertz CT molecular complexity index is 126. The number of carbonyl (C=O) groups is 2. The van der Waals surface area contributed by atoms with E-state index in [9.17, 15) is 9.59 Å². The fourth-order valence-corrected chi connectivity index (χ4v) is 0.283. The van der Waals surface area contributed by atoms with Crippen LogP contribution >= 0.6 is 0 Å². The van der Waals surface area contributed by atoms with Gasteiger partial charge in [0.15, 0.2) is 13.6 Å². The predicted molar refractivity (Wildman–Crippen MR) is 34.4 cm³/mol. The zero-order chi connectivity index (χ0) is 8.69. The van der Waals surface area contributed by atoms with E-state index in [2.05, 4.69) is 14.2 Å². The monoisotopic (exact) mass is 162 g/mol. The molecule has 0 aliphatic heterocycles. The van der Waals surface area contributed by atoms with Crippen molar-refractivity contribution in [1.29, 1.82) is 0 Å². The van der Waals surface area contributed by atoms with Gasteiger partial charge in [-0.3, -0.25) is 9.59 Å². The molecule has 0 unspecified atom stereocenters. The van der Waals surface area contributed by atoms with E-state index in [0.29, 0.717) is 0 Å². The maximum atomic E-state index is 10.1. The average Bonchev–Trinajstić information content (AvgIpc) is 1.85. The Morgan fingerprint density at radius 3 is 1.64 bits per heavy atom. The van der Waals surface area contributed by atoms with Crippen LogP contribution in [0.15, 0.2) is 0 Å². The number of esters is 2. The Morgan fingerprint density at radius 1 is 1.00 bits per heavy atom. The first-order valence-corrected chi connectivity index (χ1v) is 2.97. The maximum absolute atomic E-state index is 10.1. The summed E-state index contributed by atoms with van der Waals surface area (Å²) < 4.78 is 13.3. The summed E-state index contributed by atoms with van der Waals surface area (Å²) >= 11 is 0. The third-order valence-corrected chi connectivity index (χ3v) is 0.691. The van der Waals surface area contributed by atoms with Crippen molar-refractivity contribution in [3.63, 3.8) is 0 Å². The van der Waals surface area contributed by atoms with Crippen LogP contribution < -0.4 is 0 Å². The van der Waals surface area contributed by atoms with Crippen molar-refractivity contribution in [3.05, 3.63) is 0 Å². The highest BCUT2D eigenvalue weighted by Gasteiger charge is 1.93. The van der Waals surface area contributed by atoms with Crippen LogP contribution in [0, 0.1) is 0 Å². The molecule has 11 heavy (non-hydrogen) atoms. The summed E-state index contributed by atoms with van der Waals surface area (Å²) in [5, 5.41) is 0. The van der Waals surface area contributed by atoms with Crippen molar-refractivity contribution in [2.75, 3.05) is 13.6 Å². The SMILES string of the molecule is CC(=O)OCOCOC(C)=O. The molecule has 0 fully saturated rings. The average molecular weight is 162 g/mol. The van der Waals surface area contributed by atoms with Gasteiger partial charge in [0.1, 0.15) is 0 Å². The van der Waals surface area contributed by atoms with Crippen LogP contribution in [0.2, 0.25) is 0 Å². The summed E-state index contributed by atoms with van der Waals surface area (Å²) in [6, 6.07) is 0. The topological polar surface area (TPSA) is 61.8 Å². The molecule has 0 radical (unpaired) electrons. The summed E-state index contributed by atoms with van der Waals surface area (Å²) in [5.41, 5.74) is 0. The maximum Gasteiger partial charge on any atom is 0.304 e. The van der Waals surface area contributed by atoms with Crippen molar-refractivity contribution in [2.45, 2.75) is 13.8 Å². The third kappa shape index (κ3) is 8.90. The lowest BCUT2D eigenvalue weighted by Crippen LogP contribution is -2.09. The fourth-order valence-electron chi connectivity index (χ4n) is 0.283. The first-order valence-electron chi connectivity index (χ1n) is 2.97. The van der Waals surface area contributed by atoms with Gasteiger partial charge in [-0.05, 0) is 0 Å². The molecule has 0 saturated heterocycles. The summed E-state index contributed by atoms with van der Waals surface area (Å²) in [7, 11) is 0. The van der Waals surface area contributed by atoms with Crippen LogP contribution in [0.4, 0.5) is 0 Å². The van der Waals surface area contributed by atoms with E-state index < -0.39 is 11.9 Å². The molecule has 0 bridgehead atoms. The van der Waals surface area contributed by atoms with E-state index in [4.69, 9.17) is 0 Å². The highest BCUT2D eigenvalue weighted by atomic mass is 16.7. The van der Waals surface area contributed by atoms with E-state index in [-0.39, 0.29) is 13.6 Å². The van der Waals surface area contributed by atoms with E-state index in [1.54, 1.807) is 0 Å². The highest BCUT2D eigenvalue weighted by molar-refractivity contribution is 5.66. The molecule has 0 saturated carbocycles. The molecule has 0 aromatic rings. The van der Waals surface area contributed by atoms with Crippen LogP contribution in [0.5, 0.6) is 0 Å². The van der Waals surface area contributed by atoms with Crippen molar-refractivity contribution >= 4 is 11.9 Å². The van der Waals surface area contributed by atoms with E-state index in [1.807, 2.05) is 0 Å². The van der Waals surface area contributed by atoms with Crippen LogP contribution in [-0.2, 0) is 23.8 Å². The number of ether oxygens (including phenoxy) is 3. The molecular weight excluding hydrogens is 152 g/mol. The van der Waals surface area contributed by atoms with Crippen molar-refractivity contribution in [3.8, 4) is 0 Å². The number of hydrogen-bond acceptors (Lipinski definition) is 5. The predicted octanol–water partition coefficient (Wildman–Crippen LogP) is 0.0442. The molecule has 0 rings (SSSR count). The Hall–Kier alpha value is -1.10. The minimum Gasteiger partial charge on any atom is -0.439 e. The van der Waals surface area contributed by atoms with Gasteiger partial charge in [-0.15, -0.1) is 0 Å². The normalized spacial score (nSPS) is 8.91. The zero-order valence-corrected chi connectivity index (χ0v) is 6.46. The molecule has 0 amide bonds. The van der Waals surface area contributed by atoms with E-state index >= 15 is 0 Å². The molecule has 0 aromatic heterocycles. The molecule has 0 aromatic carbocycles. The van der Waals surface area contributed by atoms with Crippen LogP contribution in [0.3, 0.4) is 0 Å². The molecule has 0 heterocycles. The molecule has 5 nitrogen and oxygen atoms in total. The second kappa shape index (κ2) is 5.67. The van der Waals surface area contributed by atoms with Gasteiger partial charge in [-0.25, -0.2) is 0 Å². The second-order valence-corrected chi connectivity index (χ2v) is 1.71. The smallest absolute Gasteiger partial charge is 0.304 e. The van der Waals surface area contributed by atoms with E-state index in [1.165, 1.54) is 13.8 Å². The first-order chi connectivity index (χ1) is 5.13. The molecule has 0 aliphatic rings. The second-order valence-electron chi connectivity index (χ2n) is 1.71. The number of carbonyl (C=O) groups excluding carboxylic acids is 2. The quantitative estimate of drug-likeness (QED) is 0.332. The molecule has 5 heteroatoms. The van der Waals surface area contributed by atoms with Gasteiger partial charge < -0.3 is 14.2 Å². The van der Waals surface area contributed by atoms with Crippen molar-refractivity contribution < 1.29 is 23.8 Å². The Kier molecular flexibility index (Phi) is 5.10. The van der Waals surface area contributed by atoms with Gasteiger partial charge in [-0.2, -0.15) is 0 Å². The minimum atomic E-state index is -0.437. The lowest BCUT2D eigenvalue weighted by Gasteiger charge is -2.02. The molecule has 0 N–H and O–H groups in total. The lowest BCUT2D eigenvalue weighted by atomic mass is 10.8. The lowest BCUT2D eigenvalue weighted by molar-refractivity contribution is -0.173. The van der Waals surface area contributed by atoms with Gasteiger partial charge in [0, 0.05) is 13.8 Å². The van der Waals surface area contributed by atoms with Crippen molar-refractivity contribution in [2.24, 2.45) is 0 Å². The Labute approximate surface area is 64.2 Å². The van der Waals surface area contributed by atoms with Crippen LogP contribution in [-0.4, -0.2) is 25.5 Å². The molecule has 0 atom stereocenters. The number of rotatable bonds is 4. The zero-order valence-electron chi connectivity index (χ0n) is 6.46. The summed E-state index contributed by atoms with van der Waals surface area (Å²) in [6.07, 6.45) is 0. The molecule has 64 valence electrons. The van der Waals surface area contributed by atoms with Gasteiger partial charge in [0.25, 0.3) is 0 Å². The van der Waals surface area contributed by atoms with E-state index in [0.717, 1.165) is 0 Å². The summed E-state index contributed by atoms with van der Waals surface area (Å²) in [4.78, 5) is 20.3. The standard InChI is InChI=1S/C6H10O5/c1-5(7)10-3-9-4-11-6(2)8/h3-4H2,1-2H3. The molecule has 0 aliphatic carbocycles. The summed E-state index contributed by atoms with van der Waals surface area (Å²) in [5.74, 6) is -0.874. The molecular formula is C6H10O5. The Balaban J connectivity index is 3.03. The highest BCUT2D eigenvalue weighted by Crippen LogP contribution is 1.81. The minimum absolute atomic E-state index is 0.192. The fraction of sp³-hybridized carbons (Fsp3) is 0.667. The van der Waals surface area contributed by atoms with Crippen molar-refractivity contribution in [1.82, 2.24) is 0 Å². The first kappa shape index (κ1) is 9.90. The Morgan fingerprint density at radius 2 is 1.36 bits per heavy atom. The largest absolute Gasteiger partial charge is 0.439 e. The molecule has 0 spiro atoms.